The van der Waals surface area contributed by atoms with E-state index in [4.69, 9.17) is 21.1 Å². The van der Waals surface area contributed by atoms with E-state index in [9.17, 15) is 5.11 Å². The van der Waals surface area contributed by atoms with E-state index in [1.54, 1.807) is 6.07 Å². The Morgan fingerprint density at radius 3 is 2.53 bits per heavy atom. The van der Waals surface area contributed by atoms with Crippen molar-refractivity contribution in [1.29, 1.82) is 0 Å². The molecule has 1 aliphatic carbocycles. The molecule has 4 nitrogen and oxygen atoms in total. The van der Waals surface area contributed by atoms with Crippen molar-refractivity contribution in [3.8, 4) is 11.6 Å². The van der Waals surface area contributed by atoms with Crippen LogP contribution in [0.1, 0.15) is 36.0 Å². The lowest BCUT2D eigenvalue weighted by molar-refractivity contribution is -0.106. The molecule has 2 aromatic carbocycles. The van der Waals surface area contributed by atoms with Gasteiger partial charge in [-0.25, -0.2) is 4.98 Å². The van der Waals surface area contributed by atoms with Crippen molar-refractivity contribution in [2.24, 2.45) is 5.92 Å². The summed E-state index contributed by atoms with van der Waals surface area (Å²) in [4.78, 5) is 4.33. The van der Waals surface area contributed by atoms with E-state index in [0.717, 1.165) is 15.6 Å². The number of rotatable bonds is 3. The molecular formula is C24H21BrClNO3. The first-order valence-electron chi connectivity index (χ1n) is 9.88. The Bertz CT molecular complexity index is 1110. The molecule has 0 saturated heterocycles. The minimum absolute atomic E-state index is 0.0826. The molecule has 2 aliphatic rings. The van der Waals surface area contributed by atoms with Gasteiger partial charge >= 0.3 is 0 Å². The van der Waals surface area contributed by atoms with Crippen molar-refractivity contribution in [1.82, 2.24) is 4.98 Å². The van der Waals surface area contributed by atoms with Gasteiger partial charge in [-0.05, 0) is 35.6 Å². The summed E-state index contributed by atoms with van der Waals surface area (Å²) < 4.78 is 13.2. The predicted octanol–water partition coefficient (Wildman–Crippen LogP) is 5.81. The first-order chi connectivity index (χ1) is 14.4. The fraction of sp³-hybridized carbons (Fsp3) is 0.292. The summed E-state index contributed by atoms with van der Waals surface area (Å²) >= 11 is 9.76. The average molecular weight is 487 g/mol. The highest BCUT2D eigenvalue weighted by atomic mass is 79.9. The zero-order valence-electron chi connectivity index (χ0n) is 16.6. The second-order valence-electron chi connectivity index (χ2n) is 8.10. The van der Waals surface area contributed by atoms with Gasteiger partial charge in [-0.3, -0.25) is 0 Å². The molecule has 0 amide bonds. The van der Waals surface area contributed by atoms with Crippen LogP contribution in [0.4, 0.5) is 0 Å². The van der Waals surface area contributed by atoms with Gasteiger partial charge in [0.2, 0.25) is 5.88 Å². The van der Waals surface area contributed by atoms with Gasteiger partial charge < -0.3 is 14.6 Å². The predicted molar refractivity (Wildman–Crippen MR) is 119 cm³/mol. The van der Waals surface area contributed by atoms with Crippen LogP contribution >= 0.6 is 27.5 Å². The Labute approximate surface area is 189 Å². The van der Waals surface area contributed by atoms with Crippen molar-refractivity contribution in [2.45, 2.75) is 30.5 Å². The number of aliphatic hydroxyl groups is 1. The standard InChI is InChI=1S/C24H21BrClNO3/c1-14-13-23(28)21-18(12-19(26)27-22(21)29-2)30-24(23,16-8-10-17(25)11-9-16)20(14)15-6-4-3-5-7-15/h3-12,14,20,28H,13H2,1-2H3. The van der Waals surface area contributed by atoms with E-state index in [1.807, 2.05) is 42.5 Å². The summed E-state index contributed by atoms with van der Waals surface area (Å²) in [6, 6.07) is 19.9. The molecule has 4 unspecified atom stereocenters. The van der Waals surface area contributed by atoms with Gasteiger partial charge in [-0.2, -0.15) is 0 Å². The monoisotopic (exact) mass is 485 g/mol. The van der Waals surface area contributed by atoms with E-state index in [1.165, 1.54) is 7.11 Å². The SMILES string of the molecule is COc1nc(Cl)cc2c1C1(O)CC(C)C(c3ccccc3)C1(c1ccc(Br)cc1)O2. The number of benzene rings is 2. The molecule has 1 aliphatic heterocycles. The van der Waals surface area contributed by atoms with Crippen LogP contribution in [-0.2, 0) is 11.2 Å². The first kappa shape index (κ1) is 19.9. The number of aromatic nitrogens is 1. The third-order valence-electron chi connectivity index (χ3n) is 6.47. The van der Waals surface area contributed by atoms with Crippen molar-refractivity contribution in [3.63, 3.8) is 0 Å². The van der Waals surface area contributed by atoms with Crippen molar-refractivity contribution >= 4 is 27.5 Å². The maximum absolute atomic E-state index is 12.4. The van der Waals surface area contributed by atoms with Gasteiger partial charge in [0.05, 0.1) is 12.7 Å². The van der Waals surface area contributed by atoms with Crippen molar-refractivity contribution in [2.75, 3.05) is 7.11 Å². The summed E-state index contributed by atoms with van der Waals surface area (Å²) in [7, 11) is 1.54. The van der Waals surface area contributed by atoms with E-state index in [-0.39, 0.29) is 17.0 Å². The van der Waals surface area contributed by atoms with Crippen LogP contribution < -0.4 is 9.47 Å². The lowest BCUT2D eigenvalue weighted by Gasteiger charge is -2.40. The summed E-state index contributed by atoms with van der Waals surface area (Å²) in [5.41, 5.74) is 0.244. The number of fused-ring (bicyclic) bond motifs is 3. The smallest absolute Gasteiger partial charge is 0.224 e. The number of hydrogen-bond donors (Lipinski definition) is 1. The van der Waals surface area contributed by atoms with Gasteiger partial charge in [-0.15, -0.1) is 0 Å². The highest BCUT2D eigenvalue weighted by Crippen LogP contribution is 2.69. The zero-order valence-corrected chi connectivity index (χ0v) is 18.9. The maximum atomic E-state index is 12.4. The molecule has 1 N–H and O–H groups in total. The Kier molecular flexibility index (Phi) is 4.62. The lowest BCUT2D eigenvalue weighted by atomic mass is 9.71. The topological polar surface area (TPSA) is 51.6 Å². The van der Waals surface area contributed by atoms with E-state index in [2.05, 4.69) is 40.0 Å². The number of pyridine rings is 1. The molecule has 1 saturated carbocycles. The molecule has 5 rings (SSSR count). The van der Waals surface area contributed by atoms with Gasteiger partial charge in [0.1, 0.15) is 16.5 Å². The molecule has 0 spiro atoms. The molecule has 1 aromatic heterocycles. The Morgan fingerprint density at radius 1 is 1.17 bits per heavy atom. The fourth-order valence-electron chi connectivity index (χ4n) is 5.48. The van der Waals surface area contributed by atoms with E-state index in [0.29, 0.717) is 23.6 Å². The zero-order chi connectivity index (χ0) is 21.1. The number of nitrogens with zero attached hydrogens (tertiary/aromatic N) is 1. The van der Waals surface area contributed by atoms with Crippen LogP contribution in [0.15, 0.2) is 65.1 Å². The summed E-state index contributed by atoms with van der Waals surface area (Å²) in [6.07, 6.45) is 0.509. The molecule has 1 fully saturated rings. The van der Waals surface area contributed by atoms with Crippen LogP contribution in [-0.4, -0.2) is 17.2 Å². The largest absolute Gasteiger partial charge is 0.481 e. The number of halogens is 2. The fourth-order valence-corrected chi connectivity index (χ4v) is 5.92. The second-order valence-corrected chi connectivity index (χ2v) is 9.40. The highest BCUT2D eigenvalue weighted by molar-refractivity contribution is 9.10. The van der Waals surface area contributed by atoms with Gasteiger partial charge in [0.15, 0.2) is 5.60 Å². The van der Waals surface area contributed by atoms with Crippen LogP contribution in [0.5, 0.6) is 11.6 Å². The van der Waals surface area contributed by atoms with E-state index >= 15 is 0 Å². The third-order valence-corrected chi connectivity index (χ3v) is 7.19. The molecule has 6 heteroatoms. The third kappa shape index (κ3) is 2.58. The maximum Gasteiger partial charge on any atom is 0.224 e. The van der Waals surface area contributed by atoms with Crippen LogP contribution in [0.3, 0.4) is 0 Å². The second kappa shape index (κ2) is 6.98. The van der Waals surface area contributed by atoms with Crippen LogP contribution in [0, 0.1) is 5.92 Å². The van der Waals surface area contributed by atoms with Crippen LogP contribution in [0.2, 0.25) is 5.15 Å². The Morgan fingerprint density at radius 2 is 1.87 bits per heavy atom. The molecule has 3 aromatic rings. The lowest BCUT2D eigenvalue weighted by Crippen LogP contribution is -2.48. The molecule has 154 valence electrons. The minimum atomic E-state index is -1.32. The van der Waals surface area contributed by atoms with Gasteiger partial charge in [0.25, 0.3) is 0 Å². The number of hydrogen-bond acceptors (Lipinski definition) is 4. The normalized spacial score (nSPS) is 29.2. The molecule has 4 atom stereocenters. The van der Waals surface area contributed by atoms with Crippen LogP contribution in [0.25, 0.3) is 0 Å². The van der Waals surface area contributed by atoms with Crippen molar-refractivity contribution < 1.29 is 14.6 Å². The molecule has 2 heterocycles. The first-order valence-corrected chi connectivity index (χ1v) is 11.0. The minimum Gasteiger partial charge on any atom is -0.481 e. The number of ether oxygens (including phenoxy) is 2. The average Bonchev–Trinajstić information content (AvgIpc) is 3.10. The highest BCUT2D eigenvalue weighted by Gasteiger charge is 2.71. The van der Waals surface area contributed by atoms with Crippen molar-refractivity contribution in [3.05, 3.63) is 87.0 Å². The van der Waals surface area contributed by atoms with Gasteiger partial charge in [-0.1, -0.05) is 76.9 Å². The number of methoxy groups -OCH3 is 1. The molecular weight excluding hydrogens is 466 g/mol. The summed E-state index contributed by atoms with van der Waals surface area (Å²) in [6.45, 7) is 2.16. The molecule has 0 radical (unpaired) electrons. The Hall–Kier alpha value is -2.08. The summed E-state index contributed by atoms with van der Waals surface area (Å²) in [5.74, 6) is 0.889. The molecule has 30 heavy (non-hydrogen) atoms. The molecule has 0 bridgehead atoms. The van der Waals surface area contributed by atoms with Gasteiger partial charge in [0, 0.05) is 16.5 Å². The van der Waals surface area contributed by atoms with E-state index < -0.39 is 11.2 Å². The Balaban J connectivity index is 1.83. The quantitative estimate of drug-likeness (QED) is 0.475. The summed E-state index contributed by atoms with van der Waals surface area (Å²) in [5, 5.41) is 12.6.